The van der Waals surface area contributed by atoms with Crippen molar-refractivity contribution in [2.45, 2.75) is 25.5 Å². The Bertz CT molecular complexity index is 1090. The fourth-order valence-corrected chi connectivity index (χ4v) is 3.92. The number of carboxylic acid groups (broad SMARTS) is 1. The first-order chi connectivity index (χ1) is 17.4. The third-order valence-corrected chi connectivity index (χ3v) is 5.79. The van der Waals surface area contributed by atoms with E-state index in [9.17, 15) is 14.7 Å². The molecule has 1 heterocycles. The van der Waals surface area contributed by atoms with Crippen LogP contribution in [-0.2, 0) is 10.2 Å². The van der Waals surface area contributed by atoms with Crippen LogP contribution in [0.2, 0.25) is 0 Å². The van der Waals surface area contributed by atoms with E-state index >= 15 is 0 Å². The first-order valence-electron chi connectivity index (χ1n) is 11.4. The normalized spacial score (nSPS) is 11.8. The predicted molar refractivity (Wildman–Crippen MR) is 132 cm³/mol. The fraction of sp³-hybridized carbons (Fsp3) is 0.308. The summed E-state index contributed by atoms with van der Waals surface area (Å²) in [5, 5.41) is 13.6. The Morgan fingerprint density at radius 3 is 1.78 bits per heavy atom. The number of amides is 2. The number of ether oxygens (including phenoxy) is 3. The smallest absolute Gasteiger partial charge is 0.325 e. The zero-order valence-corrected chi connectivity index (χ0v) is 20.7. The molecule has 0 bridgehead atoms. The monoisotopic (exact) mass is 494 g/mol. The summed E-state index contributed by atoms with van der Waals surface area (Å²) in [6.45, 7) is 4.48. The van der Waals surface area contributed by atoms with Gasteiger partial charge in [-0.2, -0.15) is 9.97 Å². The molecule has 190 valence electrons. The van der Waals surface area contributed by atoms with Crippen molar-refractivity contribution in [3.63, 3.8) is 0 Å². The van der Waals surface area contributed by atoms with Crippen molar-refractivity contribution in [3.05, 3.63) is 77.9 Å². The van der Waals surface area contributed by atoms with E-state index in [1.165, 1.54) is 25.2 Å². The number of methoxy groups -OCH3 is 2. The molecule has 0 radical (unpaired) electrons. The van der Waals surface area contributed by atoms with Crippen LogP contribution in [0, 0.1) is 0 Å². The molecule has 36 heavy (non-hydrogen) atoms. The van der Waals surface area contributed by atoms with E-state index in [0.29, 0.717) is 24.2 Å². The SMILES string of the molecule is CCN(CC)C(=O)N[C@H](Oc1nc(OC)cc(OC)n1)C(C(=O)O)(c1ccccc1)c1ccccc1. The van der Waals surface area contributed by atoms with Gasteiger partial charge in [0.1, 0.15) is 0 Å². The molecular formula is C26H30N4O6. The maximum atomic E-state index is 13.3. The summed E-state index contributed by atoms with van der Waals surface area (Å²) in [5.74, 6) is -0.948. The number of aromatic nitrogens is 2. The lowest BCUT2D eigenvalue weighted by Crippen LogP contribution is -2.60. The van der Waals surface area contributed by atoms with Crippen LogP contribution in [0.4, 0.5) is 4.79 Å². The zero-order valence-electron chi connectivity index (χ0n) is 20.7. The van der Waals surface area contributed by atoms with Gasteiger partial charge in [-0.1, -0.05) is 60.7 Å². The van der Waals surface area contributed by atoms with E-state index in [1.807, 2.05) is 13.8 Å². The highest BCUT2D eigenvalue weighted by Crippen LogP contribution is 2.37. The van der Waals surface area contributed by atoms with Gasteiger partial charge in [0.25, 0.3) is 0 Å². The molecule has 0 aliphatic carbocycles. The minimum absolute atomic E-state index is 0.144. The van der Waals surface area contributed by atoms with Crippen molar-refractivity contribution in [1.82, 2.24) is 20.2 Å². The molecule has 1 atom stereocenters. The highest BCUT2D eigenvalue weighted by atomic mass is 16.5. The maximum Gasteiger partial charge on any atom is 0.325 e. The number of carboxylic acids is 1. The highest BCUT2D eigenvalue weighted by molar-refractivity contribution is 5.88. The van der Waals surface area contributed by atoms with Gasteiger partial charge in [0.05, 0.1) is 20.3 Å². The summed E-state index contributed by atoms with van der Waals surface area (Å²) in [4.78, 5) is 36.4. The number of carbonyl (C=O) groups excluding carboxylic acids is 1. The van der Waals surface area contributed by atoms with Crippen LogP contribution in [-0.4, -0.2) is 65.5 Å². The Labute approximate surface area is 209 Å². The van der Waals surface area contributed by atoms with Gasteiger partial charge in [0, 0.05) is 13.1 Å². The highest BCUT2D eigenvalue weighted by Gasteiger charge is 2.52. The molecule has 10 heteroatoms. The van der Waals surface area contributed by atoms with Crippen molar-refractivity contribution >= 4 is 12.0 Å². The average Bonchev–Trinajstić information content (AvgIpc) is 2.90. The molecule has 10 nitrogen and oxygen atoms in total. The maximum absolute atomic E-state index is 13.3. The summed E-state index contributed by atoms with van der Waals surface area (Å²) in [7, 11) is 2.83. The van der Waals surface area contributed by atoms with Crippen molar-refractivity contribution < 1.29 is 28.9 Å². The molecule has 0 fully saturated rings. The Morgan fingerprint density at radius 2 is 1.39 bits per heavy atom. The van der Waals surface area contributed by atoms with Crippen molar-refractivity contribution in [3.8, 4) is 17.8 Å². The van der Waals surface area contributed by atoms with Crippen molar-refractivity contribution in [1.29, 1.82) is 0 Å². The van der Waals surface area contributed by atoms with Crippen molar-refractivity contribution in [2.24, 2.45) is 0 Å². The lowest BCUT2D eigenvalue weighted by molar-refractivity contribution is -0.146. The Hall–Kier alpha value is -4.34. The van der Waals surface area contributed by atoms with Crippen LogP contribution in [0.15, 0.2) is 66.7 Å². The standard InChI is InChI=1S/C26H30N4O6/c1-5-30(6-2)25(33)29-22(36-24-27-20(34-3)17-21(28-24)35-4)26(23(31)32,18-13-9-7-10-14-18)19-15-11-8-12-16-19/h7-17,22H,5-6H2,1-4H3,(H,29,33)(H,31,32)/t22-/m1/s1. The molecule has 2 amide bonds. The van der Waals surface area contributed by atoms with Gasteiger partial charge in [0.2, 0.25) is 18.0 Å². The minimum Gasteiger partial charge on any atom is -0.481 e. The number of rotatable bonds is 11. The van der Waals surface area contributed by atoms with E-state index < -0.39 is 23.6 Å². The molecule has 3 rings (SSSR count). The number of hydrogen-bond acceptors (Lipinski definition) is 7. The average molecular weight is 495 g/mol. The van der Waals surface area contributed by atoms with Crippen LogP contribution in [0.5, 0.6) is 17.8 Å². The molecule has 3 aromatic rings. The molecular weight excluding hydrogens is 464 g/mol. The summed E-state index contributed by atoms with van der Waals surface area (Å²) < 4.78 is 16.5. The Balaban J connectivity index is 2.26. The lowest BCUT2D eigenvalue weighted by Gasteiger charge is -2.38. The molecule has 0 saturated heterocycles. The second kappa shape index (κ2) is 11.9. The van der Waals surface area contributed by atoms with Crippen LogP contribution >= 0.6 is 0 Å². The molecule has 0 spiro atoms. The molecule has 2 N–H and O–H groups in total. The summed E-state index contributed by atoms with van der Waals surface area (Å²) >= 11 is 0. The van der Waals surface area contributed by atoms with Crippen LogP contribution in [0.1, 0.15) is 25.0 Å². The lowest BCUT2D eigenvalue weighted by atomic mass is 9.72. The number of nitrogens with one attached hydrogen (secondary N) is 1. The number of hydrogen-bond donors (Lipinski definition) is 2. The fourth-order valence-electron chi connectivity index (χ4n) is 3.92. The number of carbonyl (C=O) groups is 2. The Kier molecular flexibility index (Phi) is 8.66. The largest absolute Gasteiger partial charge is 0.481 e. The second-order valence-corrected chi connectivity index (χ2v) is 7.70. The number of aliphatic carboxylic acids is 1. The predicted octanol–water partition coefficient (Wildman–Crippen LogP) is 3.32. The van der Waals surface area contributed by atoms with Crippen LogP contribution < -0.4 is 19.5 Å². The van der Waals surface area contributed by atoms with Gasteiger partial charge in [-0.25, -0.2) is 4.79 Å². The summed E-state index contributed by atoms with van der Waals surface area (Å²) in [5.41, 5.74) is -1.09. The first kappa shape index (κ1) is 26.3. The van der Waals surface area contributed by atoms with Gasteiger partial charge >= 0.3 is 18.0 Å². The zero-order chi connectivity index (χ0) is 26.1. The van der Waals surface area contributed by atoms with Gasteiger partial charge in [-0.05, 0) is 25.0 Å². The van der Waals surface area contributed by atoms with Crippen molar-refractivity contribution in [2.75, 3.05) is 27.3 Å². The second-order valence-electron chi connectivity index (χ2n) is 7.70. The summed E-state index contributed by atoms with van der Waals surface area (Å²) in [6, 6.07) is 17.9. The van der Waals surface area contributed by atoms with Gasteiger partial charge < -0.3 is 29.5 Å². The Morgan fingerprint density at radius 1 is 0.917 bits per heavy atom. The topological polar surface area (TPSA) is 123 Å². The van der Waals surface area contributed by atoms with E-state index in [4.69, 9.17) is 14.2 Å². The minimum atomic E-state index is -1.87. The first-order valence-corrected chi connectivity index (χ1v) is 11.4. The third kappa shape index (κ3) is 5.32. The molecule has 0 aliphatic heterocycles. The molecule has 1 aromatic heterocycles. The van der Waals surface area contributed by atoms with Gasteiger partial charge in [-0.3, -0.25) is 4.79 Å². The molecule has 2 aromatic carbocycles. The molecule has 0 aliphatic rings. The number of benzene rings is 2. The van der Waals surface area contributed by atoms with Crippen LogP contribution in [0.3, 0.4) is 0 Å². The van der Waals surface area contributed by atoms with E-state index in [1.54, 1.807) is 60.7 Å². The number of urea groups is 1. The summed E-state index contributed by atoms with van der Waals surface area (Å²) in [6.07, 6.45) is -1.47. The quantitative estimate of drug-likeness (QED) is 0.389. The van der Waals surface area contributed by atoms with Crippen LogP contribution in [0.25, 0.3) is 0 Å². The van der Waals surface area contributed by atoms with Gasteiger partial charge in [0.15, 0.2) is 5.41 Å². The van der Waals surface area contributed by atoms with Gasteiger partial charge in [-0.15, -0.1) is 0 Å². The molecule has 0 unspecified atom stereocenters. The molecule has 0 saturated carbocycles. The van der Waals surface area contributed by atoms with E-state index in [0.717, 1.165) is 0 Å². The third-order valence-electron chi connectivity index (χ3n) is 5.79. The number of nitrogens with zero attached hydrogens (tertiary/aromatic N) is 3. The van der Waals surface area contributed by atoms with E-state index in [-0.39, 0.29) is 17.8 Å². The van der Waals surface area contributed by atoms with E-state index in [2.05, 4.69) is 15.3 Å².